The normalized spacial score (nSPS) is 15.3. The summed E-state index contributed by atoms with van der Waals surface area (Å²) in [5.41, 5.74) is 33.9. The molecule has 0 heterocycles. The number of nitrogens with one attached hydrogen (secondary N) is 16. The van der Waals surface area contributed by atoms with Gasteiger partial charge >= 0.3 is 41.8 Å². The zero-order valence-corrected chi connectivity index (χ0v) is 79.5. The highest BCUT2D eigenvalue weighted by Crippen LogP contribution is 2.17. The van der Waals surface area contributed by atoms with E-state index in [0.717, 1.165) is 13.8 Å². The molecule has 0 aliphatic carbocycles. The van der Waals surface area contributed by atoms with Crippen molar-refractivity contribution in [2.75, 3.05) is 26.2 Å². The van der Waals surface area contributed by atoms with Crippen molar-refractivity contribution in [3.05, 3.63) is 0 Å². The fraction of sp³-hybridized carbons (Fsp3) is 0.714. The molecule has 55 heteroatoms. The van der Waals surface area contributed by atoms with Gasteiger partial charge in [-0.3, -0.25) is 110 Å². The summed E-state index contributed by atoms with van der Waals surface area (Å²) in [6.45, 7) is 12.4. The summed E-state index contributed by atoms with van der Waals surface area (Å²) >= 11 is 0. The summed E-state index contributed by atoms with van der Waals surface area (Å²) < 4.78 is 0. The molecule has 0 unspecified atom stereocenters. The lowest BCUT2D eigenvalue weighted by atomic mass is 9.98. The minimum Gasteiger partial charge on any atom is -0.481 e. The van der Waals surface area contributed by atoms with E-state index in [9.17, 15) is 161 Å². The molecule has 0 aromatic carbocycles. The van der Waals surface area contributed by atoms with Crippen LogP contribution in [-0.2, 0) is 115 Å². The number of amides is 17. The second-order valence-electron chi connectivity index (χ2n) is 34.5. The number of hydrogen-bond donors (Lipinski definition) is 31. The summed E-state index contributed by atoms with van der Waals surface area (Å²) in [4.78, 5) is 321. The molecule has 0 aliphatic heterocycles. The van der Waals surface area contributed by atoms with Gasteiger partial charge in [0.15, 0.2) is 0 Å². The number of unbranched alkanes of at least 4 members (excludes halogenated alkanes) is 4. The number of rotatable bonds is 74. The molecular weight excluding hydrogens is 1850 g/mol. The van der Waals surface area contributed by atoms with Gasteiger partial charge in [0.05, 0.1) is 25.0 Å². The van der Waals surface area contributed by atoms with Gasteiger partial charge in [0.1, 0.15) is 103 Å². The quantitative estimate of drug-likeness (QED) is 0.0251. The largest absolute Gasteiger partial charge is 0.481 e. The number of carbonyl (C=O) groups is 24. The highest BCUT2D eigenvalue weighted by atomic mass is 16.4. The molecule has 0 aliphatic rings. The van der Waals surface area contributed by atoms with Gasteiger partial charge in [-0.05, 0) is 180 Å². The Morgan fingerprint density at radius 2 is 0.468 bits per heavy atom. The predicted molar refractivity (Wildman–Crippen MR) is 487 cm³/mol. The second kappa shape index (κ2) is 66.5. The summed E-state index contributed by atoms with van der Waals surface area (Å²) in [7, 11) is 0. The van der Waals surface area contributed by atoms with Crippen LogP contribution in [0.5, 0.6) is 0 Å². The Hall–Kier alpha value is -13.0. The van der Waals surface area contributed by atoms with Gasteiger partial charge in [-0.15, -0.1) is 0 Å². The van der Waals surface area contributed by atoms with Crippen LogP contribution in [0.3, 0.4) is 0 Å². The van der Waals surface area contributed by atoms with Crippen LogP contribution in [0.2, 0.25) is 0 Å². The Morgan fingerprint density at radius 3 is 0.734 bits per heavy atom. The molecule has 17 amide bonds. The molecule has 0 aromatic heterocycles. The first-order valence-corrected chi connectivity index (χ1v) is 45.6. The summed E-state index contributed by atoms with van der Waals surface area (Å²) in [6, 6.07) is -30.1. The van der Waals surface area contributed by atoms with Crippen molar-refractivity contribution in [3.63, 3.8) is 0 Å². The topological polar surface area (TPSA) is 940 Å². The van der Waals surface area contributed by atoms with Gasteiger partial charge in [-0.1, -0.05) is 41.5 Å². The Bertz CT molecular complexity index is 4160. The van der Waals surface area contributed by atoms with E-state index in [-0.39, 0.29) is 110 Å². The van der Waals surface area contributed by atoms with Crippen LogP contribution in [0.25, 0.3) is 0 Å². The Kier molecular flexibility index (Phi) is 60.3. The first-order valence-electron chi connectivity index (χ1n) is 45.6. The van der Waals surface area contributed by atoms with Gasteiger partial charge in [0, 0.05) is 32.1 Å². The van der Waals surface area contributed by atoms with E-state index >= 15 is 0 Å². The van der Waals surface area contributed by atoms with Crippen LogP contribution in [0.4, 0.5) is 0 Å². The van der Waals surface area contributed by atoms with Crippen molar-refractivity contribution in [1.29, 1.82) is 0 Å². The van der Waals surface area contributed by atoms with E-state index in [1.54, 1.807) is 13.8 Å². The monoisotopic (exact) mass is 1990 g/mol. The van der Waals surface area contributed by atoms with Crippen LogP contribution in [0.15, 0.2) is 0 Å². The molecule has 19 atom stereocenters. The minimum atomic E-state index is -2.00. The Balaban J connectivity index is 7.51. The molecule has 0 bridgehead atoms. The Labute approximate surface area is 801 Å². The summed E-state index contributed by atoms with van der Waals surface area (Å²) in [5, 5.41) is 126. The molecule has 0 fully saturated rings. The van der Waals surface area contributed by atoms with Gasteiger partial charge in [-0.2, -0.15) is 0 Å². The molecule has 0 rings (SSSR count). The maximum atomic E-state index is 14.8. The van der Waals surface area contributed by atoms with E-state index in [1.807, 2.05) is 5.32 Å². The molecule has 0 saturated heterocycles. The number of nitrogens with two attached hydrogens (primary N) is 6. The number of carboxylic acids is 7. The molecule has 0 saturated carbocycles. The maximum absolute atomic E-state index is 14.8. The average molecular weight is 1990 g/mol. The van der Waals surface area contributed by atoms with Crippen LogP contribution in [-0.4, -0.2) is 329 Å². The molecule has 0 aromatic rings. The van der Waals surface area contributed by atoms with E-state index < -0.39 is 352 Å². The zero-order chi connectivity index (χ0) is 106. The second-order valence-corrected chi connectivity index (χ2v) is 34.5. The Morgan fingerprint density at radius 1 is 0.237 bits per heavy atom. The summed E-state index contributed by atoms with van der Waals surface area (Å²) in [6.07, 6.45) is -12.8. The highest BCUT2D eigenvalue weighted by Gasteiger charge is 2.42. The lowest BCUT2D eigenvalue weighted by molar-refractivity contribution is -0.144. The minimum absolute atomic E-state index is 0.0322. The molecule has 0 spiro atoms. The molecule has 37 N–H and O–H groups in total. The molecule has 788 valence electrons. The van der Waals surface area contributed by atoms with E-state index in [2.05, 4.69) is 79.8 Å². The van der Waals surface area contributed by atoms with Crippen LogP contribution < -0.4 is 119 Å². The van der Waals surface area contributed by atoms with E-state index in [0.29, 0.717) is 0 Å². The predicted octanol–water partition coefficient (Wildman–Crippen LogP) is -9.52. The summed E-state index contributed by atoms with van der Waals surface area (Å²) in [5.74, 6) is -33.5. The van der Waals surface area contributed by atoms with Crippen molar-refractivity contribution in [2.45, 2.75) is 338 Å². The number of aliphatic hydroxyl groups excluding tert-OH is 2. The van der Waals surface area contributed by atoms with E-state index in [1.165, 1.54) is 34.6 Å². The number of carboxylic acid groups (broad SMARTS) is 7. The third-order valence-electron chi connectivity index (χ3n) is 21.2. The van der Waals surface area contributed by atoms with Gasteiger partial charge in [0.2, 0.25) is 100 Å². The first kappa shape index (κ1) is 126. The van der Waals surface area contributed by atoms with Gasteiger partial charge in [0.25, 0.3) is 0 Å². The third-order valence-corrected chi connectivity index (χ3v) is 21.2. The van der Waals surface area contributed by atoms with Crippen molar-refractivity contribution in [3.8, 4) is 0 Å². The van der Waals surface area contributed by atoms with Crippen LogP contribution >= 0.6 is 0 Å². The molecular formula is C84H144N22O33. The third kappa shape index (κ3) is 51.3. The number of carbonyl (C=O) groups excluding carboxylic acids is 17. The zero-order valence-electron chi connectivity index (χ0n) is 79.5. The SMILES string of the molecule is CC(C)C[C@H](NC(=O)[C@H](CC(=O)O)NC(=O)[C@H](CCCCN)NC(=O)[C@@H](NC(=O)[C@@H](N)[C@@H](C)O)[C@@H](C)O)C(=O)N[C@@H](CCCCN)C(=O)N[C@@H](CCC(=O)O)C(=O)N[C@@H](CCCCN)C(=O)N[C@@H](CCCCN)C(=O)N[C@@H](CCC(=O)O)C(=O)N[C@H](C(=O)N[C@H](C(=O)N[C@@H](CCC(=O)O)C(=O)N[C@@H](CCC(=O)O)C(=O)N[C@@H](C)C(=O)N[C@@H](CCC(=O)O)C(=O)N[C@@H](CC(N)=O)C(=O)O)C(C)C)C(C)C. The maximum Gasteiger partial charge on any atom is 0.326 e. The first-order chi connectivity index (χ1) is 65.0. The fourth-order valence-corrected chi connectivity index (χ4v) is 13.3. The number of hydrogen-bond acceptors (Lipinski definition) is 31. The average Bonchev–Trinajstić information content (AvgIpc) is 0.771. The standard InChI is InChI=1S/C84H144N22O33/c1-39(2)36-54(101-79(133)55(38-63(120)121)102-73(127)48(21-13-17-35-88)99-83(137)67(44(9)108)106-80(134)64(90)43(8)107)78(132)95-47(20-12-16-34-87)72(126)97-51(24-29-60(114)115)74(128)94-45(18-10-14-32-85)70(124)93-46(19-11-15-33-86)71(125)98-53(26-31-62(118)119)77(131)104-66(41(5)6)82(136)105-65(40(3)4)81(135)100-52(25-30-61(116)117)75(129)96-49(22-27-58(110)111)69(123)91-42(7)68(122)92-50(23-28-59(112)113)76(130)103-56(84(138)139)37-57(89)109/h39-56,64-67,107-108H,10-38,85-88,90H2,1-9H3,(H2,89,109)(H,91,123)(H,92,122)(H,93,124)(H,94,128)(H,95,132)(H,96,129)(H,97,126)(H,98,125)(H,99,137)(H,100,135)(H,101,133)(H,102,127)(H,103,130)(H,104,131)(H,105,136)(H,106,134)(H,110,111)(H,112,113)(H,114,115)(H,116,117)(H,118,119)(H,120,121)(H,138,139)/t42-,43+,44+,45-,46-,47-,48-,49-,50-,51-,52-,53-,54-,55-,56-,64-,65-,66-,67-/m0/s1. The van der Waals surface area contributed by atoms with Crippen molar-refractivity contribution < 1.29 is 161 Å². The van der Waals surface area contributed by atoms with E-state index in [4.69, 9.17) is 34.4 Å². The smallest absolute Gasteiger partial charge is 0.326 e. The number of aliphatic hydroxyl groups is 2. The van der Waals surface area contributed by atoms with Crippen molar-refractivity contribution in [1.82, 2.24) is 85.1 Å². The fourth-order valence-electron chi connectivity index (χ4n) is 13.3. The van der Waals surface area contributed by atoms with Crippen LogP contribution in [0, 0.1) is 17.8 Å². The van der Waals surface area contributed by atoms with Gasteiger partial charge < -0.3 is 165 Å². The van der Waals surface area contributed by atoms with Crippen molar-refractivity contribution >= 4 is 142 Å². The van der Waals surface area contributed by atoms with Gasteiger partial charge in [-0.25, -0.2) is 4.79 Å². The van der Waals surface area contributed by atoms with Crippen LogP contribution in [0.1, 0.15) is 223 Å². The molecule has 55 nitrogen and oxygen atoms in total. The highest BCUT2D eigenvalue weighted by molar-refractivity contribution is 6.02. The number of primary amides is 1. The molecule has 0 radical (unpaired) electrons. The number of aliphatic carboxylic acids is 7. The lowest BCUT2D eigenvalue weighted by Crippen LogP contribution is -2.62. The van der Waals surface area contributed by atoms with Crippen molar-refractivity contribution in [2.24, 2.45) is 52.2 Å². The molecule has 139 heavy (non-hydrogen) atoms. The lowest BCUT2D eigenvalue weighted by Gasteiger charge is -2.30.